The van der Waals surface area contributed by atoms with Crippen molar-refractivity contribution >= 4 is 21.9 Å². The zero-order chi connectivity index (χ0) is 33.0. The molecule has 0 N–H and O–H groups in total. The van der Waals surface area contributed by atoms with E-state index in [1.165, 1.54) is 135 Å². The van der Waals surface area contributed by atoms with E-state index < -0.39 is 0 Å². The molecule has 0 aromatic rings. The van der Waals surface area contributed by atoms with Crippen LogP contribution in [0, 0.1) is 46.3 Å². The molecule has 3 heteroatoms. The van der Waals surface area contributed by atoms with Crippen molar-refractivity contribution in [1.82, 2.24) is 0 Å². The molecule has 0 radical (unpaired) electrons. The Bertz CT molecular complexity index is 926. The standard InChI is InChI=1S/C43H75BrO2/c1-33(2)20-19-21-34(3)38-25-26-39-37-24-23-35-32-36(27-29-42(35,4)40(37)28-30-43(38,39)5)46-41(45)22-17-15-13-11-9-7-6-8-10-12-14-16-18-31-44/h23,33-34,36-40H,6-22,24-32H2,1-5H3. The first kappa shape index (κ1) is 38.5. The molecule has 8 unspecified atom stereocenters. The minimum Gasteiger partial charge on any atom is -0.462 e. The van der Waals surface area contributed by atoms with Crippen molar-refractivity contribution in [3.05, 3.63) is 11.6 Å². The molecule has 8 atom stereocenters. The topological polar surface area (TPSA) is 26.3 Å². The number of ether oxygens (including phenoxy) is 1. The molecule has 0 amide bonds. The molecule has 4 aliphatic carbocycles. The molecule has 0 saturated heterocycles. The largest absolute Gasteiger partial charge is 0.462 e. The van der Waals surface area contributed by atoms with Crippen LogP contribution in [0.1, 0.15) is 195 Å². The summed E-state index contributed by atoms with van der Waals surface area (Å²) in [6.45, 7) is 12.7. The highest BCUT2D eigenvalue weighted by Gasteiger charge is 2.59. The maximum atomic E-state index is 12.8. The third-order valence-electron chi connectivity index (χ3n) is 14.1. The van der Waals surface area contributed by atoms with Crippen LogP contribution in [0.5, 0.6) is 0 Å². The number of hydrogen-bond acceptors (Lipinski definition) is 2. The summed E-state index contributed by atoms with van der Waals surface area (Å²) in [5.41, 5.74) is 2.54. The molecule has 46 heavy (non-hydrogen) atoms. The van der Waals surface area contributed by atoms with Gasteiger partial charge in [-0.3, -0.25) is 4.79 Å². The SMILES string of the molecule is CC(C)CCCC(C)C1CCC2C3CC=C4CC(OC(=O)CCCCCCCCCCCCCCCBr)CCC4(C)C3CCC12C. The van der Waals surface area contributed by atoms with E-state index >= 15 is 0 Å². The maximum Gasteiger partial charge on any atom is 0.306 e. The molecule has 0 aromatic heterocycles. The second-order valence-electron chi connectivity index (χ2n) is 17.7. The number of esters is 1. The van der Waals surface area contributed by atoms with Gasteiger partial charge in [0, 0.05) is 18.2 Å². The second kappa shape index (κ2) is 19.2. The maximum absolute atomic E-state index is 12.8. The third kappa shape index (κ3) is 10.4. The van der Waals surface area contributed by atoms with Crippen LogP contribution in [-0.2, 0) is 9.53 Å². The monoisotopic (exact) mass is 702 g/mol. The normalized spacial score (nSPS) is 32.8. The van der Waals surface area contributed by atoms with Gasteiger partial charge in [0.25, 0.3) is 0 Å². The van der Waals surface area contributed by atoms with Gasteiger partial charge in [0.05, 0.1) is 0 Å². The Morgan fingerprint density at radius 2 is 1.41 bits per heavy atom. The Morgan fingerprint density at radius 3 is 2.04 bits per heavy atom. The number of rotatable bonds is 21. The first-order valence-corrected chi connectivity index (χ1v) is 21.8. The van der Waals surface area contributed by atoms with Gasteiger partial charge < -0.3 is 4.74 Å². The summed E-state index contributed by atoms with van der Waals surface area (Å²) in [6, 6.07) is 0. The van der Waals surface area contributed by atoms with Gasteiger partial charge in [0.2, 0.25) is 0 Å². The minimum atomic E-state index is 0.0620. The fraction of sp³-hybridized carbons (Fsp3) is 0.930. The molecule has 0 heterocycles. The van der Waals surface area contributed by atoms with Crippen LogP contribution >= 0.6 is 15.9 Å². The molecule has 0 aliphatic heterocycles. The van der Waals surface area contributed by atoms with Crippen LogP contribution in [0.2, 0.25) is 0 Å². The summed E-state index contributed by atoms with van der Waals surface area (Å²) in [6.07, 6.45) is 35.3. The van der Waals surface area contributed by atoms with Crippen LogP contribution in [0.3, 0.4) is 0 Å². The minimum absolute atomic E-state index is 0.0620. The van der Waals surface area contributed by atoms with Gasteiger partial charge in [-0.25, -0.2) is 0 Å². The number of fused-ring (bicyclic) bond motifs is 5. The third-order valence-corrected chi connectivity index (χ3v) is 14.6. The van der Waals surface area contributed by atoms with Crippen molar-refractivity contribution < 1.29 is 9.53 Å². The average Bonchev–Trinajstić information content (AvgIpc) is 3.38. The first-order chi connectivity index (χ1) is 22.2. The Labute approximate surface area is 294 Å². The molecule has 0 spiro atoms. The average molecular weight is 704 g/mol. The van der Waals surface area contributed by atoms with Crippen LogP contribution in [0.4, 0.5) is 0 Å². The van der Waals surface area contributed by atoms with Crippen molar-refractivity contribution in [3.8, 4) is 0 Å². The zero-order valence-electron chi connectivity index (χ0n) is 31.2. The van der Waals surface area contributed by atoms with Gasteiger partial charge in [-0.1, -0.05) is 152 Å². The Balaban J connectivity index is 1.12. The van der Waals surface area contributed by atoms with Gasteiger partial charge in [-0.05, 0) is 104 Å². The summed E-state index contributed by atoms with van der Waals surface area (Å²) in [5.74, 6) is 5.33. The van der Waals surface area contributed by atoms with Crippen LogP contribution in [0.25, 0.3) is 0 Å². The first-order valence-electron chi connectivity index (χ1n) is 20.6. The van der Waals surface area contributed by atoms with E-state index in [0.29, 0.717) is 17.3 Å². The number of alkyl halides is 1. The van der Waals surface area contributed by atoms with Crippen molar-refractivity contribution in [2.75, 3.05) is 5.33 Å². The molecular weight excluding hydrogens is 628 g/mol. The summed E-state index contributed by atoms with van der Waals surface area (Å²) >= 11 is 3.52. The van der Waals surface area contributed by atoms with E-state index in [0.717, 1.165) is 60.1 Å². The molecular formula is C43H75BrO2. The predicted molar refractivity (Wildman–Crippen MR) is 201 cm³/mol. The number of allylic oxidation sites excluding steroid dienone is 1. The summed E-state index contributed by atoms with van der Waals surface area (Å²) in [4.78, 5) is 12.8. The highest BCUT2D eigenvalue weighted by Crippen LogP contribution is 2.67. The van der Waals surface area contributed by atoms with Crippen LogP contribution in [-0.4, -0.2) is 17.4 Å². The van der Waals surface area contributed by atoms with E-state index in [1.807, 2.05) is 0 Å². The fourth-order valence-corrected chi connectivity index (χ4v) is 11.7. The lowest BCUT2D eigenvalue weighted by molar-refractivity contribution is -0.151. The van der Waals surface area contributed by atoms with Gasteiger partial charge in [-0.15, -0.1) is 0 Å². The van der Waals surface area contributed by atoms with Crippen molar-refractivity contribution in [3.63, 3.8) is 0 Å². The summed E-state index contributed by atoms with van der Waals surface area (Å²) in [7, 11) is 0. The molecule has 0 bridgehead atoms. The van der Waals surface area contributed by atoms with Crippen LogP contribution in [0.15, 0.2) is 11.6 Å². The predicted octanol–water partition coefficient (Wildman–Crippen LogP) is 13.8. The Kier molecular flexibility index (Phi) is 16.0. The fourth-order valence-electron chi connectivity index (χ4n) is 11.3. The van der Waals surface area contributed by atoms with Gasteiger partial charge in [0.15, 0.2) is 0 Å². The number of unbranched alkanes of at least 4 members (excludes halogenated alkanes) is 12. The molecule has 4 aliphatic rings. The van der Waals surface area contributed by atoms with E-state index in [4.69, 9.17) is 4.74 Å². The highest BCUT2D eigenvalue weighted by atomic mass is 79.9. The van der Waals surface area contributed by atoms with E-state index in [9.17, 15) is 4.79 Å². The van der Waals surface area contributed by atoms with Crippen LogP contribution < -0.4 is 0 Å². The number of hydrogen-bond donors (Lipinski definition) is 0. The molecule has 0 aromatic carbocycles. The van der Waals surface area contributed by atoms with Crippen molar-refractivity contribution in [2.45, 2.75) is 201 Å². The van der Waals surface area contributed by atoms with Gasteiger partial charge >= 0.3 is 5.97 Å². The summed E-state index contributed by atoms with van der Waals surface area (Å²) < 4.78 is 6.13. The van der Waals surface area contributed by atoms with Gasteiger partial charge in [-0.2, -0.15) is 0 Å². The Morgan fingerprint density at radius 1 is 0.783 bits per heavy atom. The lowest BCUT2D eigenvalue weighted by Crippen LogP contribution is -2.51. The lowest BCUT2D eigenvalue weighted by atomic mass is 9.47. The van der Waals surface area contributed by atoms with E-state index in [-0.39, 0.29) is 12.1 Å². The van der Waals surface area contributed by atoms with Gasteiger partial charge in [0.1, 0.15) is 6.10 Å². The second-order valence-corrected chi connectivity index (χ2v) is 18.5. The molecule has 3 fully saturated rings. The summed E-state index contributed by atoms with van der Waals surface area (Å²) in [5, 5.41) is 1.16. The number of halogens is 1. The molecule has 266 valence electrons. The Hall–Kier alpha value is -0.310. The number of carbonyl (C=O) groups excluding carboxylic acids is 1. The number of carbonyl (C=O) groups is 1. The van der Waals surface area contributed by atoms with Crippen molar-refractivity contribution in [1.29, 1.82) is 0 Å². The zero-order valence-corrected chi connectivity index (χ0v) is 32.8. The van der Waals surface area contributed by atoms with E-state index in [2.05, 4.69) is 56.6 Å². The lowest BCUT2D eigenvalue weighted by Gasteiger charge is -2.58. The smallest absolute Gasteiger partial charge is 0.306 e. The highest BCUT2D eigenvalue weighted by molar-refractivity contribution is 9.09. The quantitative estimate of drug-likeness (QED) is 0.0515. The molecule has 3 saturated carbocycles. The molecule has 4 rings (SSSR count). The van der Waals surface area contributed by atoms with Crippen molar-refractivity contribution in [2.24, 2.45) is 46.3 Å². The molecule has 2 nitrogen and oxygen atoms in total. The van der Waals surface area contributed by atoms with E-state index in [1.54, 1.807) is 5.57 Å².